The molecule has 1 aliphatic rings. The summed E-state index contributed by atoms with van der Waals surface area (Å²) in [4.78, 5) is 25.0. The van der Waals surface area contributed by atoms with E-state index in [2.05, 4.69) is 0 Å². The van der Waals surface area contributed by atoms with E-state index in [1.54, 1.807) is 0 Å². The van der Waals surface area contributed by atoms with Gasteiger partial charge in [-0.1, -0.05) is 13.8 Å². The summed E-state index contributed by atoms with van der Waals surface area (Å²) in [5.74, 6) is -0.336. The Balaban J connectivity index is 2.79. The van der Waals surface area contributed by atoms with Gasteiger partial charge in [-0.25, -0.2) is 0 Å². The van der Waals surface area contributed by atoms with Crippen LogP contribution in [0.25, 0.3) is 0 Å². The first-order chi connectivity index (χ1) is 6.43. The van der Waals surface area contributed by atoms with Crippen LogP contribution in [-0.2, 0) is 9.59 Å². The van der Waals surface area contributed by atoms with Gasteiger partial charge in [0.15, 0.2) is 0 Å². The Kier molecular flexibility index (Phi) is 3.37. The summed E-state index contributed by atoms with van der Waals surface area (Å²) in [6.45, 7) is 7.68. The van der Waals surface area contributed by atoms with Gasteiger partial charge in [-0.3, -0.25) is 14.5 Å². The minimum atomic E-state index is -0.187. The highest BCUT2D eigenvalue weighted by Gasteiger charge is 2.33. The molecule has 1 heterocycles. The van der Waals surface area contributed by atoms with Gasteiger partial charge in [0.05, 0.1) is 4.91 Å². The quantitative estimate of drug-likeness (QED) is 0.671. The predicted molar refractivity (Wildman–Crippen MR) is 57.8 cm³/mol. The fourth-order valence-electron chi connectivity index (χ4n) is 1.29. The number of carbonyl (C=O) groups excluding carboxylic acids is 2. The molecule has 3 nitrogen and oxygen atoms in total. The van der Waals surface area contributed by atoms with E-state index in [4.69, 9.17) is 0 Å². The molecule has 0 atom stereocenters. The molecular weight excluding hydrogens is 198 g/mol. The summed E-state index contributed by atoms with van der Waals surface area (Å²) < 4.78 is 0. The lowest BCUT2D eigenvalue weighted by atomic mass is 10.3. The van der Waals surface area contributed by atoms with Gasteiger partial charge in [0, 0.05) is 17.4 Å². The smallest absolute Gasteiger partial charge is 0.267 e. The van der Waals surface area contributed by atoms with Crippen molar-refractivity contribution in [3.63, 3.8) is 0 Å². The number of carbonyl (C=O) groups is 2. The topological polar surface area (TPSA) is 37.4 Å². The lowest BCUT2D eigenvalue weighted by Crippen LogP contribution is -2.36. The molecule has 0 aromatic heterocycles. The molecule has 0 saturated carbocycles. The van der Waals surface area contributed by atoms with Crippen molar-refractivity contribution in [1.82, 2.24) is 4.90 Å². The van der Waals surface area contributed by atoms with Gasteiger partial charge < -0.3 is 0 Å². The number of thioether (sulfide) groups is 1. The van der Waals surface area contributed by atoms with Crippen molar-refractivity contribution in [2.24, 2.45) is 0 Å². The molecule has 0 radical (unpaired) electrons. The molecule has 0 unspecified atom stereocenters. The summed E-state index contributed by atoms with van der Waals surface area (Å²) in [6, 6.07) is -0.0588. The first-order valence-corrected chi connectivity index (χ1v) is 5.57. The highest BCUT2D eigenvalue weighted by Crippen LogP contribution is 2.28. The third kappa shape index (κ3) is 2.18. The second-order valence-electron chi connectivity index (χ2n) is 3.78. The molecule has 0 bridgehead atoms. The first-order valence-electron chi connectivity index (χ1n) is 4.69. The number of amides is 2. The minimum Gasteiger partial charge on any atom is -0.272 e. The Morgan fingerprint density at radius 1 is 1.21 bits per heavy atom. The number of imide groups is 1. The third-order valence-electron chi connectivity index (χ3n) is 1.80. The van der Waals surface area contributed by atoms with Crippen LogP contribution in [0.1, 0.15) is 27.7 Å². The van der Waals surface area contributed by atoms with Crippen molar-refractivity contribution < 1.29 is 9.59 Å². The van der Waals surface area contributed by atoms with Crippen LogP contribution in [0, 0.1) is 0 Å². The Hall–Kier alpha value is -0.770. The third-order valence-corrected chi connectivity index (χ3v) is 2.82. The van der Waals surface area contributed by atoms with E-state index in [0.717, 1.165) is 0 Å². The van der Waals surface area contributed by atoms with Gasteiger partial charge in [0.2, 0.25) is 0 Å². The Morgan fingerprint density at radius 2 is 1.79 bits per heavy atom. The van der Waals surface area contributed by atoms with Gasteiger partial charge in [0.25, 0.3) is 11.8 Å². The maximum Gasteiger partial charge on any atom is 0.267 e. The summed E-state index contributed by atoms with van der Waals surface area (Å²) in [5, 5.41) is 0.324. The molecule has 0 fully saturated rings. The Morgan fingerprint density at radius 3 is 2.14 bits per heavy atom. The highest BCUT2D eigenvalue weighted by molar-refractivity contribution is 8.04. The van der Waals surface area contributed by atoms with Gasteiger partial charge in [0.1, 0.15) is 0 Å². The molecule has 4 heteroatoms. The van der Waals surface area contributed by atoms with Crippen molar-refractivity contribution in [2.45, 2.75) is 39.0 Å². The second-order valence-corrected chi connectivity index (χ2v) is 5.40. The monoisotopic (exact) mass is 213 g/mol. The molecule has 1 rings (SSSR count). The molecule has 0 saturated heterocycles. The van der Waals surface area contributed by atoms with Crippen molar-refractivity contribution in [3.8, 4) is 0 Å². The lowest BCUT2D eigenvalue weighted by Gasteiger charge is -2.18. The summed E-state index contributed by atoms with van der Waals surface area (Å²) >= 11 is 1.44. The van der Waals surface area contributed by atoms with E-state index in [0.29, 0.717) is 10.2 Å². The van der Waals surface area contributed by atoms with Crippen molar-refractivity contribution in [2.75, 3.05) is 0 Å². The molecule has 14 heavy (non-hydrogen) atoms. The van der Waals surface area contributed by atoms with E-state index in [1.807, 2.05) is 27.7 Å². The van der Waals surface area contributed by atoms with Crippen molar-refractivity contribution in [3.05, 3.63) is 11.0 Å². The molecule has 0 N–H and O–H groups in total. The van der Waals surface area contributed by atoms with Crippen LogP contribution in [-0.4, -0.2) is 28.0 Å². The number of rotatable bonds is 3. The molecule has 0 aliphatic carbocycles. The number of hydrogen-bond acceptors (Lipinski definition) is 3. The van der Waals surface area contributed by atoms with E-state index in [-0.39, 0.29) is 17.9 Å². The largest absolute Gasteiger partial charge is 0.272 e. The molecular formula is C10H15NO2S. The fraction of sp³-hybridized carbons (Fsp3) is 0.600. The molecule has 0 spiro atoms. The number of nitrogens with zero attached hydrogens (tertiary/aromatic N) is 1. The van der Waals surface area contributed by atoms with E-state index >= 15 is 0 Å². The van der Waals surface area contributed by atoms with E-state index < -0.39 is 0 Å². The normalized spacial score (nSPS) is 17.3. The molecule has 0 aromatic rings. The number of hydrogen-bond donors (Lipinski definition) is 0. The Labute approximate surface area is 88.5 Å². The fourth-order valence-corrected chi connectivity index (χ4v) is 2.17. The van der Waals surface area contributed by atoms with E-state index in [1.165, 1.54) is 22.7 Å². The predicted octanol–water partition coefficient (Wildman–Crippen LogP) is 1.79. The molecule has 1 aliphatic heterocycles. The van der Waals surface area contributed by atoms with Gasteiger partial charge >= 0.3 is 0 Å². The summed E-state index contributed by atoms with van der Waals surface area (Å²) in [7, 11) is 0. The summed E-state index contributed by atoms with van der Waals surface area (Å²) in [5.41, 5.74) is 0. The maximum atomic E-state index is 11.7. The minimum absolute atomic E-state index is 0.0588. The van der Waals surface area contributed by atoms with Crippen LogP contribution >= 0.6 is 11.8 Å². The van der Waals surface area contributed by atoms with Crippen molar-refractivity contribution >= 4 is 23.6 Å². The standard InChI is InChI=1S/C10H15NO2S/c1-6(2)11-9(12)5-8(10(11)13)14-7(3)4/h5-7H,1-4H3. The second kappa shape index (κ2) is 4.17. The van der Waals surface area contributed by atoms with Crippen LogP contribution in [0.4, 0.5) is 0 Å². The van der Waals surface area contributed by atoms with Gasteiger partial charge in [-0.2, -0.15) is 0 Å². The maximum absolute atomic E-state index is 11.7. The van der Waals surface area contributed by atoms with Crippen LogP contribution in [0.3, 0.4) is 0 Å². The average molecular weight is 213 g/mol. The summed E-state index contributed by atoms with van der Waals surface area (Å²) in [6.07, 6.45) is 1.44. The molecule has 0 aromatic carbocycles. The van der Waals surface area contributed by atoms with Gasteiger partial charge in [-0.05, 0) is 13.8 Å². The van der Waals surface area contributed by atoms with Crippen LogP contribution in [0.2, 0.25) is 0 Å². The van der Waals surface area contributed by atoms with Crippen LogP contribution < -0.4 is 0 Å². The van der Waals surface area contributed by atoms with E-state index in [9.17, 15) is 9.59 Å². The zero-order valence-corrected chi connectivity index (χ0v) is 9.72. The molecule has 78 valence electrons. The van der Waals surface area contributed by atoms with Crippen LogP contribution in [0.15, 0.2) is 11.0 Å². The average Bonchev–Trinajstić information content (AvgIpc) is 2.25. The lowest BCUT2D eigenvalue weighted by molar-refractivity contribution is -0.138. The van der Waals surface area contributed by atoms with Gasteiger partial charge in [-0.15, -0.1) is 11.8 Å². The SMILES string of the molecule is CC(C)SC1=CC(=O)N(C(C)C)C1=O. The highest BCUT2D eigenvalue weighted by atomic mass is 32.2. The van der Waals surface area contributed by atoms with Crippen molar-refractivity contribution in [1.29, 1.82) is 0 Å². The van der Waals surface area contributed by atoms with Crippen LogP contribution in [0.5, 0.6) is 0 Å². The Bertz CT molecular complexity index is 294. The first kappa shape index (κ1) is 11.3. The molecule has 2 amide bonds. The zero-order chi connectivity index (χ0) is 10.9. The zero-order valence-electron chi connectivity index (χ0n) is 8.90.